The van der Waals surface area contributed by atoms with Gasteiger partial charge >= 0.3 is 5.97 Å². The van der Waals surface area contributed by atoms with E-state index in [9.17, 15) is 9.18 Å². The van der Waals surface area contributed by atoms with Gasteiger partial charge in [0, 0.05) is 25.6 Å². The van der Waals surface area contributed by atoms with Crippen molar-refractivity contribution in [2.45, 2.75) is 32.3 Å². The van der Waals surface area contributed by atoms with Gasteiger partial charge in [0.25, 0.3) is 0 Å². The van der Waals surface area contributed by atoms with E-state index in [-0.39, 0.29) is 11.7 Å². The summed E-state index contributed by atoms with van der Waals surface area (Å²) in [6.07, 6.45) is 6.23. The van der Waals surface area contributed by atoms with Gasteiger partial charge in [0.15, 0.2) is 11.6 Å². The number of halogens is 1. The number of carbonyl (C=O) groups is 1. The molecule has 0 aromatic heterocycles. The molecule has 1 aromatic rings. The summed E-state index contributed by atoms with van der Waals surface area (Å²) >= 11 is 0. The number of nitrogens with zero attached hydrogens (tertiary/aromatic N) is 1. The van der Waals surface area contributed by atoms with Crippen molar-refractivity contribution in [2.24, 2.45) is 5.92 Å². The van der Waals surface area contributed by atoms with Gasteiger partial charge < -0.3 is 14.2 Å². The van der Waals surface area contributed by atoms with E-state index in [0.717, 1.165) is 25.9 Å². The van der Waals surface area contributed by atoms with Crippen molar-refractivity contribution in [1.29, 1.82) is 0 Å². The van der Waals surface area contributed by atoms with E-state index >= 15 is 0 Å². The number of esters is 1. The predicted molar refractivity (Wildman–Crippen MR) is 101 cm³/mol. The highest BCUT2D eigenvalue weighted by atomic mass is 19.1. The fourth-order valence-corrected chi connectivity index (χ4v) is 3.46. The molecule has 1 heterocycles. The molecule has 1 unspecified atom stereocenters. The third-order valence-corrected chi connectivity index (χ3v) is 5.19. The van der Waals surface area contributed by atoms with Crippen molar-refractivity contribution in [3.63, 3.8) is 0 Å². The first-order chi connectivity index (χ1) is 13.0. The number of hydrogen-bond acceptors (Lipinski definition) is 5. The molecule has 5 nitrogen and oxygen atoms in total. The van der Waals surface area contributed by atoms with Gasteiger partial charge in [-0.05, 0) is 44.9 Å². The number of benzene rings is 1. The van der Waals surface area contributed by atoms with Crippen LogP contribution in [0.4, 0.5) is 4.39 Å². The molecule has 1 atom stereocenters. The third kappa shape index (κ3) is 5.30. The van der Waals surface area contributed by atoms with Crippen LogP contribution in [0.2, 0.25) is 0 Å². The molecule has 0 spiro atoms. The van der Waals surface area contributed by atoms with E-state index in [1.807, 2.05) is 13.8 Å². The summed E-state index contributed by atoms with van der Waals surface area (Å²) in [7, 11) is 0. The van der Waals surface area contributed by atoms with Crippen LogP contribution in [-0.4, -0.2) is 55.9 Å². The molecule has 1 aliphatic carbocycles. The van der Waals surface area contributed by atoms with E-state index in [1.165, 1.54) is 18.2 Å². The minimum Gasteiger partial charge on any atom is -0.484 e. The van der Waals surface area contributed by atoms with Crippen LogP contribution in [0.5, 0.6) is 5.75 Å². The lowest BCUT2D eigenvalue weighted by Gasteiger charge is -2.32. The summed E-state index contributed by atoms with van der Waals surface area (Å²) in [6.45, 7) is 7.95. The second-order valence-corrected chi connectivity index (χ2v) is 7.55. The average Bonchev–Trinajstić information content (AvgIpc) is 3.20. The molecule has 0 saturated carbocycles. The topological polar surface area (TPSA) is 48.0 Å². The lowest BCUT2D eigenvalue weighted by atomic mass is 9.90. The molecule has 6 heteroatoms. The Balaban J connectivity index is 1.58. The monoisotopic (exact) mass is 377 g/mol. The first-order valence-electron chi connectivity index (χ1n) is 9.58. The van der Waals surface area contributed by atoms with Gasteiger partial charge in [-0.1, -0.05) is 12.2 Å². The quantitative estimate of drug-likeness (QED) is 0.538. The zero-order chi connectivity index (χ0) is 19.3. The minimum atomic E-state index is -0.549. The van der Waals surface area contributed by atoms with Gasteiger partial charge in [0.05, 0.1) is 18.8 Å². The standard InChI is InChI=1S/C21H28FNO4/c1-21(2,17-5-3-4-6-17)27-19-15-16(7-8-18(19)22)20(24)26-14-11-23-9-12-25-13-10-23/h3,5,7-8,15,17H,4,6,9-14H2,1-2H3. The summed E-state index contributed by atoms with van der Waals surface area (Å²) in [4.78, 5) is 14.5. The van der Waals surface area contributed by atoms with Crippen molar-refractivity contribution >= 4 is 5.97 Å². The molecule has 0 radical (unpaired) electrons. The van der Waals surface area contributed by atoms with Gasteiger partial charge in [0.1, 0.15) is 12.2 Å². The van der Waals surface area contributed by atoms with Crippen molar-refractivity contribution < 1.29 is 23.4 Å². The Morgan fingerprint density at radius 1 is 1.33 bits per heavy atom. The Bertz CT molecular complexity index is 683. The SMILES string of the molecule is CC(C)(Oc1cc(C(=O)OCCN2CCOCC2)ccc1F)C1C=CCC1. The Hall–Kier alpha value is -1.92. The van der Waals surface area contributed by atoms with Gasteiger partial charge in [0.2, 0.25) is 0 Å². The van der Waals surface area contributed by atoms with E-state index in [1.54, 1.807) is 0 Å². The minimum absolute atomic E-state index is 0.0860. The second-order valence-electron chi connectivity index (χ2n) is 7.55. The van der Waals surface area contributed by atoms with Crippen LogP contribution < -0.4 is 4.74 Å². The van der Waals surface area contributed by atoms with Crippen LogP contribution in [-0.2, 0) is 9.47 Å². The highest BCUT2D eigenvalue weighted by Gasteiger charge is 2.32. The maximum Gasteiger partial charge on any atom is 0.338 e. The smallest absolute Gasteiger partial charge is 0.338 e. The van der Waals surface area contributed by atoms with Crippen LogP contribution in [0.1, 0.15) is 37.0 Å². The molecule has 148 valence electrons. The first-order valence-corrected chi connectivity index (χ1v) is 9.58. The summed E-state index contributed by atoms with van der Waals surface area (Å²) in [5.74, 6) is -0.634. The molecule has 0 amide bonds. The molecule has 0 bridgehead atoms. The zero-order valence-electron chi connectivity index (χ0n) is 16.1. The molecule has 1 fully saturated rings. The number of rotatable bonds is 7. The zero-order valence-corrected chi connectivity index (χ0v) is 16.1. The van der Waals surface area contributed by atoms with Crippen molar-refractivity contribution in [3.05, 3.63) is 41.7 Å². The summed E-state index contributed by atoms with van der Waals surface area (Å²) in [5, 5.41) is 0. The van der Waals surface area contributed by atoms with Gasteiger partial charge in [-0.3, -0.25) is 4.90 Å². The Kier molecular flexibility index (Phi) is 6.50. The average molecular weight is 377 g/mol. The normalized spacial score (nSPS) is 20.6. The second kappa shape index (κ2) is 8.85. The van der Waals surface area contributed by atoms with Crippen LogP contribution >= 0.6 is 0 Å². The van der Waals surface area contributed by atoms with Crippen molar-refractivity contribution in [2.75, 3.05) is 39.5 Å². The molecular weight excluding hydrogens is 349 g/mol. The predicted octanol–water partition coefficient (Wildman–Crippen LogP) is 3.44. The van der Waals surface area contributed by atoms with E-state index in [2.05, 4.69) is 17.1 Å². The highest BCUT2D eigenvalue weighted by Crippen LogP contribution is 2.34. The molecular formula is C21H28FNO4. The summed E-state index contributed by atoms with van der Waals surface area (Å²) in [6, 6.07) is 4.13. The largest absolute Gasteiger partial charge is 0.484 e. The number of ether oxygens (including phenoxy) is 3. The third-order valence-electron chi connectivity index (χ3n) is 5.19. The Morgan fingerprint density at radius 2 is 2.11 bits per heavy atom. The maximum atomic E-state index is 14.2. The molecule has 2 aliphatic rings. The Morgan fingerprint density at radius 3 is 2.81 bits per heavy atom. The molecule has 1 saturated heterocycles. The fraction of sp³-hybridized carbons (Fsp3) is 0.571. The Labute approximate surface area is 160 Å². The molecule has 0 N–H and O–H groups in total. The van der Waals surface area contributed by atoms with Crippen molar-refractivity contribution in [3.8, 4) is 5.75 Å². The summed E-state index contributed by atoms with van der Waals surface area (Å²) in [5.41, 5.74) is -0.252. The lowest BCUT2D eigenvalue weighted by Crippen LogP contribution is -2.38. The molecule has 1 aromatic carbocycles. The molecule has 27 heavy (non-hydrogen) atoms. The summed E-state index contributed by atoms with van der Waals surface area (Å²) < 4.78 is 30.8. The maximum absolute atomic E-state index is 14.2. The van der Waals surface area contributed by atoms with E-state index < -0.39 is 17.4 Å². The van der Waals surface area contributed by atoms with Crippen LogP contribution in [0.25, 0.3) is 0 Å². The fourth-order valence-electron chi connectivity index (χ4n) is 3.46. The highest BCUT2D eigenvalue weighted by molar-refractivity contribution is 5.89. The van der Waals surface area contributed by atoms with Crippen molar-refractivity contribution in [1.82, 2.24) is 4.90 Å². The van der Waals surface area contributed by atoms with Gasteiger partial charge in [-0.2, -0.15) is 0 Å². The van der Waals surface area contributed by atoms with Gasteiger partial charge in [-0.25, -0.2) is 9.18 Å². The van der Waals surface area contributed by atoms with Crippen LogP contribution in [0.15, 0.2) is 30.4 Å². The molecule has 3 rings (SSSR count). The van der Waals surface area contributed by atoms with E-state index in [4.69, 9.17) is 14.2 Å². The van der Waals surface area contributed by atoms with E-state index in [0.29, 0.717) is 31.9 Å². The van der Waals surface area contributed by atoms with Crippen LogP contribution in [0, 0.1) is 11.7 Å². The number of morpholine rings is 1. The lowest BCUT2D eigenvalue weighted by molar-refractivity contribution is 0.0194. The first kappa shape index (κ1) is 19.8. The van der Waals surface area contributed by atoms with Gasteiger partial charge in [-0.15, -0.1) is 0 Å². The number of allylic oxidation sites excluding steroid dienone is 1. The number of hydrogen-bond donors (Lipinski definition) is 0. The molecule has 1 aliphatic heterocycles. The van der Waals surface area contributed by atoms with Crippen LogP contribution in [0.3, 0.4) is 0 Å². The number of carbonyl (C=O) groups excluding carboxylic acids is 1.